The molecule has 27 heavy (non-hydrogen) atoms. The summed E-state index contributed by atoms with van der Waals surface area (Å²) in [7, 11) is -3.71. The first kappa shape index (κ1) is 20.1. The molecule has 2 aromatic rings. The van der Waals surface area contributed by atoms with Gasteiger partial charge in [0.05, 0.1) is 21.4 Å². The lowest BCUT2D eigenvalue weighted by Gasteiger charge is -2.34. The maximum atomic E-state index is 13.2. The van der Waals surface area contributed by atoms with Crippen LogP contribution in [0.2, 0.25) is 10.0 Å². The lowest BCUT2D eigenvalue weighted by molar-refractivity contribution is -0.131. The Morgan fingerprint density at radius 2 is 1.70 bits per heavy atom. The minimum absolute atomic E-state index is 0.0661. The van der Waals surface area contributed by atoms with Crippen LogP contribution in [0.15, 0.2) is 47.4 Å². The van der Waals surface area contributed by atoms with Crippen molar-refractivity contribution in [3.05, 3.63) is 63.9 Å². The monoisotopic (exact) mass is 430 g/mol. The zero-order chi connectivity index (χ0) is 19.6. The van der Waals surface area contributed by atoms with Crippen molar-refractivity contribution in [3.8, 4) is 0 Å². The minimum Gasteiger partial charge on any atom is -0.340 e. The van der Waals surface area contributed by atoms with Gasteiger partial charge in [-0.2, -0.15) is 4.31 Å². The number of piperazine rings is 1. The third kappa shape index (κ3) is 4.60. The van der Waals surface area contributed by atoms with E-state index in [1.54, 1.807) is 17.0 Å². The Hall–Kier alpha value is -1.67. The largest absolute Gasteiger partial charge is 0.340 e. The van der Waals surface area contributed by atoms with Gasteiger partial charge in [0.2, 0.25) is 15.9 Å². The highest BCUT2D eigenvalue weighted by atomic mass is 35.5. The van der Waals surface area contributed by atoms with Gasteiger partial charge in [-0.15, -0.1) is 0 Å². The summed E-state index contributed by atoms with van der Waals surface area (Å²) < 4.78 is 40.0. The van der Waals surface area contributed by atoms with Crippen LogP contribution in [0, 0.1) is 5.82 Å². The van der Waals surface area contributed by atoms with E-state index in [-0.39, 0.29) is 53.4 Å². The van der Waals surface area contributed by atoms with Gasteiger partial charge < -0.3 is 4.90 Å². The van der Waals surface area contributed by atoms with E-state index in [1.165, 1.54) is 34.6 Å². The first-order valence-corrected chi connectivity index (χ1v) is 10.4. The van der Waals surface area contributed by atoms with E-state index in [9.17, 15) is 17.6 Å². The second-order valence-corrected chi connectivity index (χ2v) is 8.92. The van der Waals surface area contributed by atoms with Crippen molar-refractivity contribution in [2.24, 2.45) is 0 Å². The molecule has 2 aromatic carbocycles. The normalized spacial score (nSPS) is 15.7. The number of carbonyl (C=O) groups is 1. The highest BCUT2D eigenvalue weighted by molar-refractivity contribution is 7.89. The summed E-state index contributed by atoms with van der Waals surface area (Å²) >= 11 is 11.8. The standard InChI is InChI=1S/C18H17Cl2FN2O3S/c19-16-5-4-15(12-17(16)20)27(25,26)23-8-6-22(7-9-23)18(24)11-13-2-1-3-14(21)10-13/h1-5,10,12H,6-9,11H2. The summed E-state index contributed by atoms with van der Waals surface area (Å²) in [5, 5.41) is 0.449. The van der Waals surface area contributed by atoms with Crippen LogP contribution in [-0.2, 0) is 21.2 Å². The maximum absolute atomic E-state index is 13.2. The number of sulfonamides is 1. The summed E-state index contributed by atoms with van der Waals surface area (Å²) in [6.45, 7) is 0.901. The van der Waals surface area contributed by atoms with Crippen LogP contribution in [0.4, 0.5) is 4.39 Å². The third-order valence-electron chi connectivity index (χ3n) is 4.36. The molecule has 0 spiro atoms. The number of hydrogen-bond acceptors (Lipinski definition) is 3. The van der Waals surface area contributed by atoms with Crippen LogP contribution < -0.4 is 0 Å². The van der Waals surface area contributed by atoms with Gasteiger partial charge in [0.15, 0.2) is 0 Å². The molecule has 0 aromatic heterocycles. The summed E-state index contributed by atoms with van der Waals surface area (Å²) in [4.78, 5) is 14.0. The molecule has 1 amide bonds. The fraction of sp³-hybridized carbons (Fsp3) is 0.278. The van der Waals surface area contributed by atoms with Gasteiger partial charge >= 0.3 is 0 Å². The zero-order valence-corrected chi connectivity index (χ0v) is 16.6. The van der Waals surface area contributed by atoms with Gasteiger partial charge in [0.1, 0.15) is 5.82 Å². The van der Waals surface area contributed by atoms with Gasteiger partial charge in [-0.3, -0.25) is 4.79 Å². The molecule has 0 bridgehead atoms. The van der Waals surface area contributed by atoms with Crippen LogP contribution in [0.5, 0.6) is 0 Å². The summed E-state index contributed by atoms with van der Waals surface area (Å²) in [6, 6.07) is 10.1. The fourth-order valence-electron chi connectivity index (χ4n) is 2.90. The van der Waals surface area contributed by atoms with Crippen molar-refractivity contribution in [3.63, 3.8) is 0 Å². The molecule has 0 atom stereocenters. The van der Waals surface area contributed by atoms with Crippen LogP contribution in [0.1, 0.15) is 5.56 Å². The number of nitrogens with zero attached hydrogens (tertiary/aromatic N) is 2. The van der Waals surface area contributed by atoms with Gasteiger partial charge in [-0.05, 0) is 35.9 Å². The Morgan fingerprint density at radius 1 is 1.00 bits per heavy atom. The van der Waals surface area contributed by atoms with Crippen molar-refractivity contribution >= 4 is 39.1 Å². The molecule has 1 aliphatic heterocycles. The molecular formula is C18H17Cl2FN2O3S. The van der Waals surface area contributed by atoms with E-state index in [4.69, 9.17) is 23.2 Å². The van der Waals surface area contributed by atoms with E-state index in [0.717, 1.165) is 0 Å². The molecule has 3 rings (SSSR count). The van der Waals surface area contributed by atoms with Crippen molar-refractivity contribution in [2.45, 2.75) is 11.3 Å². The average Bonchev–Trinajstić information content (AvgIpc) is 2.64. The lowest BCUT2D eigenvalue weighted by Crippen LogP contribution is -2.50. The minimum atomic E-state index is -3.71. The Bertz CT molecular complexity index is 961. The first-order chi connectivity index (χ1) is 12.8. The Balaban J connectivity index is 1.64. The SMILES string of the molecule is O=C(Cc1cccc(F)c1)N1CCN(S(=O)(=O)c2ccc(Cl)c(Cl)c2)CC1. The van der Waals surface area contributed by atoms with Gasteiger partial charge in [0, 0.05) is 26.2 Å². The van der Waals surface area contributed by atoms with E-state index >= 15 is 0 Å². The van der Waals surface area contributed by atoms with E-state index in [1.807, 2.05) is 0 Å². The van der Waals surface area contributed by atoms with Crippen molar-refractivity contribution in [1.29, 1.82) is 0 Å². The van der Waals surface area contributed by atoms with Crippen LogP contribution >= 0.6 is 23.2 Å². The number of rotatable bonds is 4. The van der Waals surface area contributed by atoms with Crippen molar-refractivity contribution in [1.82, 2.24) is 9.21 Å². The lowest BCUT2D eigenvalue weighted by atomic mass is 10.1. The number of hydrogen-bond donors (Lipinski definition) is 0. The van der Waals surface area contributed by atoms with Crippen molar-refractivity contribution in [2.75, 3.05) is 26.2 Å². The summed E-state index contributed by atoms with van der Waals surface area (Å²) in [5.74, 6) is -0.551. The second-order valence-electron chi connectivity index (χ2n) is 6.17. The van der Waals surface area contributed by atoms with Crippen LogP contribution in [0.3, 0.4) is 0 Å². The summed E-state index contributed by atoms with van der Waals surface area (Å²) in [5.41, 5.74) is 0.589. The van der Waals surface area contributed by atoms with E-state index < -0.39 is 15.8 Å². The van der Waals surface area contributed by atoms with E-state index in [2.05, 4.69) is 0 Å². The molecule has 1 aliphatic rings. The molecule has 1 fully saturated rings. The highest BCUT2D eigenvalue weighted by Crippen LogP contribution is 2.27. The molecule has 1 heterocycles. The molecule has 0 radical (unpaired) electrons. The molecule has 0 unspecified atom stereocenters. The topological polar surface area (TPSA) is 57.7 Å². The van der Waals surface area contributed by atoms with Crippen LogP contribution in [-0.4, -0.2) is 49.7 Å². The molecule has 0 aliphatic carbocycles. The molecule has 0 N–H and O–H groups in total. The molecule has 144 valence electrons. The van der Waals surface area contributed by atoms with E-state index in [0.29, 0.717) is 5.56 Å². The number of carbonyl (C=O) groups excluding carboxylic acids is 1. The predicted octanol–water partition coefficient (Wildman–Crippen LogP) is 3.21. The fourth-order valence-corrected chi connectivity index (χ4v) is 4.71. The number of halogens is 3. The highest BCUT2D eigenvalue weighted by Gasteiger charge is 2.30. The molecule has 0 saturated carbocycles. The van der Waals surface area contributed by atoms with Crippen molar-refractivity contribution < 1.29 is 17.6 Å². The van der Waals surface area contributed by atoms with Crippen LogP contribution in [0.25, 0.3) is 0 Å². The Labute approximate surface area is 167 Å². The second kappa shape index (κ2) is 8.14. The Morgan fingerprint density at radius 3 is 2.33 bits per heavy atom. The van der Waals surface area contributed by atoms with Gasteiger partial charge in [-0.25, -0.2) is 12.8 Å². The molecule has 9 heteroatoms. The first-order valence-electron chi connectivity index (χ1n) is 8.25. The predicted molar refractivity (Wildman–Crippen MR) is 102 cm³/mol. The van der Waals surface area contributed by atoms with Gasteiger partial charge in [0.25, 0.3) is 0 Å². The smallest absolute Gasteiger partial charge is 0.243 e. The summed E-state index contributed by atoms with van der Waals surface area (Å²) in [6.07, 6.45) is 0.0807. The Kier molecular flexibility index (Phi) is 6.05. The zero-order valence-electron chi connectivity index (χ0n) is 14.2. The van der Waals surface area contributed by atoms with Gasteiger partial charge in [-0.1, -0.05) is 35.3 Å². The number of benzene rings is 2. The number of amides is 1. The molecule has 5 nitrogen and oxygen atoms in total. The third-order valence-corrected chi connectivity index (χ3v) is 7.00. The average molecular weight is 431 g/mol. The molecule has 1 saturated heterocycles. The quantitative estimate of drug-likeness (QED) is 0.747. The molecular weight excluding hydrogens is 414 g/mol. The maximum Gasteiger partial charge on any atom is 0.243 e.